The molecule has 6 heteroatoms. The van der Waals surface area contributed by atoms with Gasteiger partial charge < -0.3 is 15.2 Å². The van der Waals surface area contributed by atoms with Gasteiger partial charge in [-0.3, -0.25) is 9.59 Å². The van der Waals surface area contributed by atoms with E-state index in [9.17, 15) is 14.9 Å². The molecule has 31 heavy (non-hydrogen) atoms. The number of anilines is 2. The molecule has 1 aromatic carbocycles. The van der Waals surface area contributed by atoms with Gasteiger partial charge >= 0.3 is 0 Å². The minimum absolute atomic E-state index is 0.0383. The van der Waals surface area contributed by atoms with E-state index in [2.05, 4.69) is 51.3 Å². The van der Waals surface area contributed by atoms with Gasteiger partial charge in [0.05, 0.1) is 5.56 Å². The van der Waals surface area contributed by atoms with E-state index in [1.165, 1.54) is 0 Å². The molecule has 2 aliphatic heterocycles. The molecular formula is C25H26N4O2. The summed E-state index contributed by atoms with van der Waals surface area (Å²) >= 11 is 0. The van der Waals surface area contributed by atoms with Gasteiger partial charge in [0.1, 0.15) is 17.3 Å². The second-order valence-corrected chi connectivity index (χ2v) is 10.6. The zero-order valence-corrected chi connectivity index (χ0v) is 18.5. The molecule has 3 aliphatic rings. The molecule has 2 N–H and O–H groups in total. The molecule has 1 spiro atoms. The van der Waals surface area contributed by atoms with Gasteiger partial charge in [-0.25, -0.2) is 0 Å². The van der Waals surface area contributed by atoms with Crippen molar-refractivity contribution in [2.75, 3.05) is 10.6 Å². The number of hydrogen-bond acceptors (Lipinski definition) is 4. The van der Waals surface area contributed by atoms with Crippen LogP contribution < -0.4 is 10.6 Å². The summed E-state index contributed by atoms with van der Waals surface area (Å²) in [7, 11) is 0. The number of carbonyl (C=O) groups excluding carboxylic acids is 2. The molecule has 3 heterocycles. The number of nitrogens with zero attached hydrogens (tertiary/aromatic N) is 2. The summed E-state index contributed by atoms with van der Waals surface area (Å²) in [6.07, 6.45) is 2.82. The SMILES string of the molecule is CC1(C)CC(=O)C2=C(C1)Nc1c(c(C#N)cn1C(C)(C)C)[C@]21C(=O)Nc2ccccc21. The Morgan fingerprint density at radius 1 is 1.10 bits per heavy atom. The Balaban J connectivity index is 1.95. The van der Waals surface area contributed by atoms with Crippen LogP contribution >= 0.6 is 0 Å². The largest absolute Gasteiger partial charge is 0.344 e. The topological polar surface area (TPSA) is 86.9 Å². The van der Waals surface area contributed by atoms with E-state index in [1.807, 2.05) is 35.0 Å². The van der Waals surface area contributed by atoms with Gasteiger partial charge in [-0.15, -0.1) is 0 Å². The first-order valence-electron chi connectivity index (χ1n) is 10.6. The van der Waals surface area contributed by atoms with E-state index >= 15 is 0 Å². The molecule has 6 nitrogen and oxygen atoms in total. The smallest absolute Gasteiger partial charge is 0.244 e. The minimum Gasteiger partial charge on any atom is -0.344 e. The van der Waals surface area contributed by atoms with E-state index < -0.39 is 5.41 Å². The van der Waals surface area contributed by atoms with Crippen LogP contribution in [0, 0.1) is 16.7 Å². The maximum atomic E-state index is 13.8. The molecule has 1 aromatic heterocycles. The van der Waals surface area contributed by atoms with E-state index in [0.29, 0.717) is 35.2 Å². The molecule has 0 bridgehead atoms. The Labute approximate surface area is 181 Å². The number of aromatic nitrogens is 1. The number of allylic oxidation sites excluding steroid dienone is 1. The fraction of sp³-hybridized carbons (Fsp3) is 0.400. The number of rotatable bonds is 0. The van der Waals surface area contributed by atoms with Crippen molar-refractivity contribution in [3.8, 4) is 6.07 Å². The lowest BCUT2D eigenvalue weighted by atomic mass is 9.61. The maximum absolute atomic E-state index is 13.8. The number of ketones is 1. The Kier molecular flexibility index (Phi) is 3.72. The van der Waals surface area contributed by atoms with Crippen LogP contribution in [0.2, 0.25) is 0 Å². The predicted molar refractivity (Wildman–Crippen MR) is 119 cm³/mol. The third kappa shape index (κ3) is 2.43. The number of Topliss-reactive ketones (excluding diaryl/α,β-unsaturated/α-hetero) is 1. The maximum Gasteiger partial charge on any atom is 0.244 e. The monoisotopic (exact) mass is 414 g/mol. The Morgan fingerprint density at radius 3 is 2.48 bits per heavy atom. The van der Waals surface area contributed by atoms with Crippen molar-refractivity contribution in [3.05, 3.63) is 58.4 Å². The van der Waals surface area contributed by atoms with Crippen molar-refractivity contribution in [3.63, 3.8) is 0 Å². The second kappa shape index (κ2) is 5.88. The van der Waals surface area contributed by atoms with Crippen LogP contribution in [0.25, 0.3) is 0 Å². The normalized spacial score (nSPS) is 23.6. The number of amides is 1. The first-order chi connectivity index (χ1) is 14.5. The number of benzene rings is 1. The van der Waals surface area contributed by atoms with Gasteiger partial charge in [-0.05, 0) is 38.7 Å². The Hall–Kier alpha value is -3.33. The van der Waals surface area contributed by atoms with E-state index in [1.54, 1.807) is 0 Å². The van der Waals surface area contributed by atoms with Gasteiger partial charge in [0.15, 0.2) is 5.78 Å². The first kappa shape index (κ1) is 19.6. The van der Waals surface area contributed by atoms with Crippen LogP contribution in [0.3, 0.4) is 0 Å². The first-order valence-corrected chi connectivity index (χ1v) is 10.6. The van der Waals surface area contributed by atoms with Crippen LogP contribution in [0.4, 0.5) is 11.5 Å². The second-order valence-electron chi connectivity index (χ2n) is 10.6. The standard InChI is InChI=1S/C25H26N4O2/c1-23(2,3)29-13-14(12-26)19-21(29)27-17-10-24(4,5)11-18(30)20(17)25(19)15-8-6-7-9-16(15)28-22(25)31/h6-9,13,27H,10-11H2,1-5H3,(H,28,31)/t25-/m0/s1. The average Bonchev–Trinajstić information content (AvgIpc) is 3.17. The highest BCUT2D eigenvalue weighted by Gasteiger charge is 2.60. The molecule has 0 saturated carbocycles. The van der Waals surface area contributed by atoms with E-state index in [4.69, 9.17) is 0 Å². The summed E-state index contributed by atoms with van der Waals surface area (Å²) in [5, 5.41) is 16.6. The molecule has 0 fully saturated rings. The Morgan fingerprint density at radius 2 is 1.81 bits per heavy atom. The van der Waals surface area contributed by atoms with Crippen LogP contribution in [0.5, 0.6) is 0 Å². The minimum atomic E-state index is -1.32. The molecular weight excluding hydrogens is 388 g/mol. The number of fused-ring (bicyclic) bond motifs is 5. The van der Waals surface area contributed by atoms with Crippen molar-refractivity contribution < 1.29 is 9.59 Å². The van der Waals surface area contributed by atoms with Crippen LogP contribution in [0.1, 0.15) is 64.2 Å². The lowest BCUT2D eigenvalue weighted by Gasteiger charge is -2.43. The van der Waals surface area contributed by atoms with Gasteiger partial charge in [0, 0.05) is 46.2 Å². The lowest BCUT2D eigenvalue weighted by Crippen LogP contribution is -2.48. The summed E-state index contributed by atoms with van der Waals surface area (Å²) in [6.45, 7) is 10.3. The van der Waals surface area contributed by atoms with Crippen molar-refractivity contribution >= 4 is 23.2 Å². The highest BCUT2D eigenvalue weighted by atomic mass is 16.2. The van der Waals surface area contributed by atoms with Crippen molar-refractivity contribution in [2.24, 2.45) is 5.41 Å². The summed E-state index contributed by atoms with van der Waals surface area (Å²) in [4.78, 5) is 27.4. The molecule has 0 radical (unpaired) electrons. The fourth-order valence-electron chi connectivity index (χ4n) is 5.51. The zero-order valence-electron chi connectivity index (χ0n) is 18.5. The van der Waals surface area contributed by atoms with Crippen molar-refractivity contribution in [1.82, 2.24) is 4.57 Å². The Bertz CT molecular complexity index is 1250. The number of nitriles is 1. The van der Waals surface area contributed by atoms with Crippen LogP contribution in [0.15, 0.2) is 41.7 Å². The molecule has 1 amide bonds. The molecule has 1 atom stereocenters. The number of hydrogen-bond donors (Lipinski definition) is 2. The van der Waals surface area contributed by atoms with Crippen LogP contribution in [-0.2, 0) is 20.5 Å². The average molecular weight is 415 g/mol. The van der Waals surface area contributed by atoms with Crippen molar-refractivity contribution in [2.45, 2.75) is 58.4 Å². The summed E-state index contributed by atoms with van der Waals surface area (Å²) < 4.78 is 2.02. The number of nitrogens with one attached hydrogen (secondary N) is 2. The highest BCUT2D eigenvalue weighted by molar-refractivity contribution is 6.20. The fourth-order valence-corrected chi connectivity index (χ4v) is 5.51. The quantitative estimate of drug-likeness (QED) is 0.668. The van der Waals surface area contributed by atoms with Gasteiger partial charge in [-0.1, -0.05) is 32.0 Å². The summed E-state index contributed by atoms with van der Waals surface area (Å²) in [5.41, 5.74) is 1.85. The predicted octanol–water partition coefficient (Wildman–Crippen LogP) is 4.42. The molecule has 5 rings (SSSR count). The van der Waals surface area contributed by atoms with E-state index in [-0.39, 0.29) is 22.6 Å². The molecule has 158 valence electrons. The van der Waals surface area contributed by atoms with Crippen molar-refractivity contribution in [1.29, 1.82) is 5.26 Å². The molecule has 2 aromatic rings. The zero-order chi connectivity index (χ0) is 22.3. The van der Waals surface area contributed by atoms with Gasteiger partial charge in [0.25, 0.3) is 0 Å². The van der Waals surface area contributed by atoms with Gasteiger partial charge in [-0.2, -0.15) is 5.26 Å². The number of carbonyl (C=O) groups is 2. The van der Waals surface area contributed by atoms with Gasteiger partial charge in [0.2, 0.25) is 5.91 Å². The molecule has 0 unspecified atom stereocenters. The third-order valence-electron chi connectivity index (χ3n) is 6.66. The molecule has 1 aliphatic carbocycles. The third-order valence-corrected chi connectivity index (χ3v) is 6.66. The van der Waals surface area contributed by atoms with Crippen LogP contribution in [-0.4, -0.2) is 16.3 Å². The summed E-state index contributed by atoms with van der Waals surface area (Å²) in [5.74, 6) is 0.420. The lowest BCUT2D eigenvalue weighted by molar-refractivity contribution is -0.123. The summed E-state index contributed by atoms with van der Waals surface area (Å²) in [6, 6.07) is 9.81. The van der Waals surface area contributed by atoms with E-state index in [0.717, 1.165) is 17.1 Å². The molecule has 0 saturated heterocycles. The number of para-hydroxylation sites is 1. The highest BCUT2D eigenvalue weighted by Crippen LogP contribution is 2.58.